The van der Waals surface area contributed by atoms with Gasteiger partial charge in [-0.2, -0.15) is 13.2 Å². The lowest BCUT2D eigenvalue weighted by Gasteiger charge is -2.18. The number of carbonyl (C=O) groups is 2. The van der Waals surface area contributed by atoms with E-state index in [2.05, 4.69) is 0 Å². The second-order valence-electron chi connectivity index (χ2n) is 4.69. The maximum Gasteiger partial charge on any atom is 0.405 e. The zero-order chi connectivity index (χ0) is 16.2. The average Bonchev–Trinajstić information content (AvgIpc) is 2.33. The Morgan fingerprint density at radius 2 is 1.90 bits per heavy atom. The Labute approximate surface area is 119 Å². The number of nitrogens with two attached hydrogens (primary N) is 1. The summed E-state index contributed by atoms with van der Waals surface area (Å²) in [6.45, 7) is -0.142. The molecule has 2 amide bonds. The molecule has 0 aliphatic heterocycles. The van der Waals surface area contributed by atoms with Gasteiger partial charge in [0.05, 0.1) is 6.54 Å². The van der Waals surface area contributed by atoms with E-state index in [1.54, 1.807) is 24.4 Å². The SMILES string of the molecule is Cc1cc(N)cc(C(=O)N(C)CC(=O)NCC(F)(F)F)c1. The van der Waals surface area contributed by atoms with Gasteiger partial charge in [-0.25, -0.2) is 0 Å². The fourth-order valence-corrected chi connectivity index (χ4v) is 1.70. The molecule has 0 heterocycles. The van der Waals surface area contributed by atoms with Crippen molar-refractivity contribution in [1.82, 2.24) is 10.2 Å². The Bertz CT molecular complexity index is 524. The highest BCUT2D eigenvalue weighted by molar-refractivity contribution is 5.97. The smallest absolute Gasteiger partial charge is 0.399 e. The van der Waals surface area contributed by atoms with Crippen molar-refractivity contribution in [3.05, 3.63) is 29.3 Å². The summed E-state index contributed by atoms with van der Waals surface area (Å²) >= 11 is 0. The molecule has 0 atom stereocenters. The van der Waals surface area contributed by atoms with Crippen LogP contribution in [0.15, 0.2) is 18.2 Å². The van der Waals surface area contributed by atoms with E-state index in [1.165, 1.54) is 13.1 Å². The second-order valence-corrected chi connectivity index (χ2v) is 4.69. The number of amides is 2. The van der Waals surface area contributed by atoms with Crippen molar-refractivity contribution < 1.29 is 22.8 Å². The van der Waals surface area contributed by atoms with Crippen LogP contribution in [0.4, 0.5) is 18.9 Å². The third-order valence-electron chi connectivity index (χ3n) is 2.56. The van der Waals surface area contributed by atoms with Gasteiger partial charge < -0.3 is 16.0 Å². The van der Waals surface area contributed by atoms with E-state index in [1.807, 2.05) is 0 Å². The molecule has 0 fully saturated rings. The Hall–Kier alpha value is -2.25. The third kappa shape index (κ3) is 5.72. The Kier molecular flexibility index (Phi) is 5.17. The molecule has 5 nitrogen and oxygen atoms in total. The van der Waals surface area contributed by atoms with E-state index in [9.17, 15) is 22.8 Å². The van der Waals surface area contributed by atoms with Crippen molar-refractivity contribution in [2.45, 2.75) is 13.1 Å². The van der Waals surface area contributed by atoms with Gasteiger partial charge in [0, 0.05) is 18.3 Å². The van der Waals surface area contributed by atoms with Crippen molar-refractivity contribution in [3.8, 4) is 0 Å². The normalized spacial score (nSPS) is 11.1. The number of aryl methyl sites for hydroxylation is 1. The Morgan fingerprint density at radius 3 is 2.43 bits per heavy atom. The molecule has 0 aromatic heterocycles. The van der Waals surface area contributed by atoms with Crippen molar-refractivity contribution in [3.63, 3.8) is 0 Å². The van der Waals surface area contributed by atoms with Crippen molar-refractivity contribution in [2.75, 3.05) is 25.9 Å². The summed E-state index contributed by atoms with van der Waals surface area (Å²) in [5, 5.41) is 1.70. The molecule has 1 rings (SSSR count). The van der Waals surface area contributed by atoms with E-state index in [-0.39, 0.29) is 5.56 Å². The zero-order valence-corrected chi connectivity index (χ0v) is 11.6. The van der Waals surface area contributed by atoms with Gasteiger partial charge in [-0.05, 0) is 30.7 Å². The van der Waals surface area contributed by atoms with Gasteiger partial charge in [0.2, 0.25) is 5.91 Å². The zero-order valence-electron chi connectivity index (χ0n) is 11.6. The molecule has 0 saturated carbocycles. The van der Waals surface area contributed by atoms with Crippen LogP contribution in [0.1, 0.15) is 15.9 Å². The van der Waals surface area contributed by atoms with E-state index >= 15 is 0 Å². The fourth-order valence-electron chi connectivity index (χ4n) is 1.70. The Balaban J connectivity index is 2.64. The maximum atomic E-state index is 12.1. The standard InChI is InChI=1S/C13H16F3N3O2/c1-8-3-9(5-10(17)4-8)12(21)19(2)6-11(20)18-7-13(14,15)16/h3-5H,6-7,17H2,1-2H3,(H,18,20). The van der Waals surface area contributed by atoms with Crippen LogP contribution in [-0.4, -0.2) is 43.0 Å². The molecular weight excluding hydrogens is 287 g/mol. The van der Waals surface area contributed by atoms with Crippen LogP contribution in [0, 0.1) is 6.92 Å². The lowest BCUT2D eigenvalue weighted by Crippen LogP contribution is -2.41. The monoisotopic (exact) mass is 303 g/mol. The summed E-state index contributed by atoms with van der Waals surface area (Å²) in [7, 11) is 1.33. The lowest BCUT2D eigenvalue weighted by atomic mass is 10.1. The van der Waals surface area contributed by atoms with Gasteiger partial charge in [-0.1, -0.05) is 0 Å². The van der Waals surface area contributed by atoms with Crippen LogP contribution in [-0.2, 0) is 4.79 Å². The first kappa shape index (κ1) is 16.8. The maximum absolute atomic E-state index is 12.1. The molecule has 1 aromatic rings. The number of benzene rings is 1. The molecule has 0 aliphatic rings. The van der Waals surface area contributed by atoms with Gasteiger partial charge >= 0.3 is 6.18 Å². The first-order chi connectivity index (χ1) is 9.58. The molecular formula is C13H16F3N3O2. The van der Waals surface area contributed by atoms with Crippen LogP contribution in [0.3, 0.4) is 0 Å². The number of hydrogen-bond donors (Lipinski definition) is 2. The van der Waals surface area contributed by atoms with Gasteiger partial charge in [0.15, 0.2) is 0 Å². The number of hydrogen-bond acceptors (Lipinski definition) is 3. The number of halogens is 3. The van der Waals surface area contributed by atoms with Gasteiger partial charge in [0.25, 0.3) is 5.91 Å². The summed E-state index contributed by atoms with van der Waals surface area (Å²) in [6.07, 6.45) is -4.48. The molecule has 0 saturated heterocycles. The first-order valence-electron chi connectivity index (χ1n) is 6.04. The summed E-state index contributed by atoms with van der Waals surface area (Å²) in [4.78, 5) is 24.4. The predicted octanol–water partition coefficient (Wildman–Crippen LogP) is 1.33. The molecule has 21 heavy (non-hydrogen) atoms. The number of alkyl halides is 3. The van der Waals surface area contributed by atoms with Crippen LogP contribution in [0.5, 0.6) is 0 Å². The lowest BCUT2D eigenvalue weighted by molar-refractivity contribution is -0.138. The molecule has 116 valence electrons. The third-order valence-corrected chi connectivity index (χ3v) is 2.56. The highest BCUT2D eigenvalue weighted by atomic mass is 19.4. The minimum Gasteiger partial charge on any atom is -0.399 e. The number of likely N-dealkylation sites (N-methyl/N-ethyl adjacent to an activating group) is 1. The van der Waals surface area contributed by atoms with Gasteiger partial charge in [-0.3, -0.25) is 9.59 Å². The van der Waals surface area contributed by atoms with E-state index in [4.69, 9.17) is 5.73 Å². The molecule has 3 N–H and O–H groups in total. The quantitative estimate of drug-likeness (QED) is 0.824. The number of nitrogens with zero attached hydrogens (tertiary/aromatic N) is 1. The number of anilines is 1. The van der Waals surface area contributed by atoms with E-state index in [0.717, 1.165) is 10.5 Å². The largest absolute Gasteiger partial charge is 0.405 e. The summed E-state index contributed by atoms with van der Waals surface area (Å²) in [5.74, 6) is -1.38. The van der Waals surface area contributed by atoms with Gasteiger partial charge in [-0.15, -0.1) is 0 Å². The minimum absolute atomic E-state index is 0.277. The molecule has 0 unspecified atom stereocenters. The molecule has 0 bridgehead atoms. The molecule has 0 radical (unpaired) electrons. The number of nitrogens with one attached hydrogen (secondary N) is 1. The summed E-state index contributed by atoms with van der Waals surface area (Å²) in [6, 6.07) is 4.70. The number of rotatable bonds is 4. The van der Waals surface area contributed by atoms with Crippen molar-refractivity contribution in [1.29, 1.82) is 0 Å². The van der Waals surface area contributed by atoms with Crippen LogP contribution >= 0.6 is 0 Å². The van der Waals surface area contributed by atoms with E-state index < -0.39 is 31.1 Å². The first-order valence-corrected chi connectivity index (χ1v) is 6.04. The summed E-state index contributed by atoms with van der Waals surface area (Å²) < 4.78 is 35.9. The van der Waals surface area contributed by atoms with Crippen molar-refractivity contribution in [2.24, 2.45) is 0 Å². The molecule has 0 spiro atoms. The fraction of sp³-hybridized carbons (Fsp3) is 0.385. The molecule has 0 aliphatic carbocycles. The van der Waals surface area contributed by atoms with Crippen molar-refractivity contribution >= 4 is 17.5 Å². The number of carbonyl (C=O) groups excluding carboxylic acids is 2. The van der Waals surface area contributed by atoms with E-state index in [0.29, 0.717) is 5.69 Å². The van der Waals surface area contributed by atoms with Crippen LogP contribution < -0.4 is 11.1 Å². The highest BCUT2D eigenvalue weighted by Crippen LogP contribution is 2.13. The predicted molar refractivity (Wildman–Crippen MR) is 71.6 cm³/mol. The van der Waals surface area contributed by atoms with Crippen LogP contribution in [0.25, 0.3) is 0 Å². The number of nitrogen functional groups attached to an aromatic ring is 1. The highest BCUT2D eigenvalue weighted by Gasteiger charge is 2.28. The van der Waals surface area contributed by atoms with Gasteiger partial charge in [0.1, 0.15) is 6.54 Å². The summed E-state index contributed by atoms with van der Waals surface area (Å²) in [5.41, 5.74) is 7.06. The molecule has 8 heteroatoms. The topological polar surface area (TPSA) is 75.4 Å². The Morgan fingerprint density at radius 1 is 1.29 bits per heavy atom. The second kappa shape index (κ2) is 6.47. The molecule has 1 aromatic carbocycles. The average molecular weight is 303 g/mol. The van der Waals surface area contributed by atoms with Crippen LogP contribution in [0.2, 0.25) is 0 Å². The minimum atomic E-state index is -4.48.